The first kappa shape index (κ1) is 30.6. The fraction of sp³-hybridized carbons (Fsp3) is 0.538. The van der Waals surface area contributed by atoms with Crippen LogP contribution in [0.3, 0.4) is 0 Å². The number of methoxy groups -OCH3 is 1. The Morgan fingerprint density at radius 3 is 1.93 bits per heavy atom. The zero-order valence-corrected chi connectivity index (χ0v) is 24.9. The van der Waals surface area contributed by atoms with Crippen molar-refractivity contribution in [3.05, 3.63) is 47.6 Å². The number of esters is 1. The molecule has 1 unspecified atom stereocenters. The van der Waals surface area contributed by atoms with Crippen LogP contribution in [-0.4, -0.2) is 126 Å². The van der Waals surface area contributed by atoms with E-state index in [1.807, 2.05) is 6.92 Å². The van der Waals surface area contributed by atoms with Gasteiger partial charge in [-0.2, -0.15) is 23.4 Å². The van der Waals surface area contributed by atoms with Crippen molar-refractivity contribution >= 4 is 33.9 Å². The van der Waals surface area contributed by atoms with E-state index in [-0.39, 0.29) is 80.9 Å². The van der Waals surface area contributed by atoms with E-state index in [0.29, 0.717) is 0 Å². The maximum Gasteiger partial charge on any atom is 0.439 e. The minimum Gasteiger partial charge on any atom is -0.464 e. The van der Waals surface area contributed by atoms with Crippen molar-refractivity contribution in [2.75, 3.05) is 46.4 Å². The van der Waals surface area contributed by atoms with Crippen molar-refractivity contribution in [2.24, 2.45) is 4.99 Å². The highest BCUT2D eigenvalue weighted by Gasteiger charge is 2.51. The number of aliphatic imine (C=N–C) groups is 1. The maximum absolute atomic E-state index is 14.5. The summed E-state index contributed by atoms with van der Waals surface area (Å²) in [6.07, 6.45) is 1.70. The molecule has 0 aliphatic carbocycles. The number of hydrogen-bond donors (Lipinski definition) is 1. The summed E-state index contributed by atoms with van der Waals surface area (Å²) in [5.41, 5.74) is -0.366. The van der Waals surface area contributed by atoms with Crippen LogP contribution in [0.15, 0.2) is 52.6 Å². The van der Waals surface area contributed by atoms with Gasteiger partial charge in [0.2, 0.25) is 11.8 Å². The topological polar surface area (TPSA) is 121 Å². The number of piperazine rings is 2. The van der Waals surface area contributed by atoms with E-state index in [4.69, 9.17) is 4.74 Å². The van der Waals surface area contributed by atoms with Gasteiger partial charge in [-0.15, -0.1) is 11.1 Å². The fourth-order valence-electron chi connectivity index (χ4n) is 5.63. The summed E-state index contributed by atoms with van der Waals surface area (Å²) in [4.78, 5) is 47.7. The number of alkyl halides is 3. The Morgan fingerprint density at radius 2 is 1.47 bits per heavy atom. The van der Waals surface area contributed by atoms with Crippen LogP contribution < -0.4 is 0 Å². The number of hydrogen-bond acceptors (Lipinski definition) is 9. The lowest BCUT2D eigenvalue weighted by Crippen LogP contribution is -2.56. The van der Waals surface area contributed by atoms with E-state index in [1.165, 1.54) is 9.36 Å². The fourth-order valence-corrected chi connectivity index (χ4v) is 8.28. The summed E-state index contributed by atoms with van der Waals surface area (Å²) in [6, 6.07) is 2.67. The van der Waals surface area contributed by atoms with Gasteiger partial charge in [0.25, 0.3) is 0 Å². The van der Waals surface area contributed by atoms with Crippen molar-refractivity contribution in [2.45, 2.75) is 45.2 Å². The summed E-state index contributed by atoms with van der Waals surface area (Å²) >= 11 is -2.28. The Hall–Kier alpha value is -3.86. The third-order valence-corrected chi connectivity index (χ3v) is 10.2. The molecule has 13 nitrogen and oxygen atoms in total. The molecule has 2 amide bonds. The molecule has 0 aromatic carbocycles. The van der Waals surface area contributed by atoms with Crippen molar-refractivity contribution in [1.82, 2.24) is 38.6 Å². The minimum absolute atomic E-state index is 0.0281. The molecule has 2 aromatic rings. The van der Waals surface area contributed by atoms with Crippen molar-refractivity contribution in [3.63, 3.8) is 0 Å². The Morgan fingerprint density at radius 1 is 0.907 bits per heavy atom. The normalized spacial score (nSPS) is 24.4. The van der Waals surface area contributed by atoms with E-state index in [1.54, 1.807) is 62.8 Å². The van der Waals surface area contributed by atoms with Crippen LogP contribution in [-0.2, 0) is 32.2 Å². The molecule has 0 N–H and O–H groups in total. The molecular formula is C26H34F3N9O4S. The Balaban J connectivity index is 1.38. The van der Waals surface area contributed by atoms with Gasteiger partial charge in [0.15, 0.2) is 10.7 Å². The molecule has 3 atom stereocenters. The standard InChI is InChI=1S/C26H34F3N9O4S/c1-18-14-33(10-12-37(18)20(39)16-34-8-4-6-30-34)23-22(24(41)42-3)32-25(26(27,28)29)43(23)36-11-13-38(19(2)15-36)21(40)17-35-9-5-7-31-35/h4-9,18-19,43H,10-17H2,1-3H3/t18-,19-/m1/s1. The molecule has 2 fully saturated rings. The molecule has 2 aromatic heterocycles. The van der Waals surface area contributed by atoms with Gasteiger partial charge in [0.1, 0.15) is 18.1 Å². The van der Waals surface area contributed by atoms with Crippen LogP contribution in [0.25, 0.3) is 0 Å². The predicted molar refractivity (Wildman–Crippen MR) is 151 cm³/mol. The van der Waals surface area contributed by atoms with Crippen LogP contribution in [0.4, 0.5) is 13.2 Å². The zero-order valence-electron chi connectivity index (χ0n) is 24.0. The van der Waals surface area contributed by atoms with E-state index in [2.05, 4.69) is 15.2 Å². The Bertz CT molecular complexity index is 1400. The van der Waals surface area contributed by atoms with Gasteiger partial charge < -0.3 is 19.4 Å². The lowest BCUT2D eigenvalue weighted by Gasteiger charge is -2.48. The first-order valence-electron chi connectivity index (χ1n) is 13.8. The first-order chi connectivity index (χ1) is 20.5. The van der Waals surface area contributed by atoms with Crippen LogP contribution in [0.2, 0.25) is 0 Å². The van der Waals surface area contributed by atoms with Gasteiger partial charge in [0, 0.05) is 76.1 Å². The summed E-state index contributed by atoms with van der Waals surface area (Å²) in [7, 11) is 1.11. The molecule has 43 heavy (non-hydrogen) atoms. The number of nitrogens with zero attached hydrogens (tertiary/aromatic N) is 9. The number of rotatable bonds is 7. The molecule has 2 saturated heterocycles. The smallest absolute Gasteiger partial charge is 0.439 e. The maximum atomic E-state index is 14.5. The Kier molecular flexibility index (Phi) is 8.82. The quantitative estimate of drug-likeness (QED) is 0.359. The lowest BCUT2D eigenvalue weighted by molar-refractivity contribution is -0.137. The van der Waals surface area contributed by atoms with Crippen molar-refractivity contribution in [1.29, 1.82) is 0 Å². The minimum atomic E-state index is -4.80. The van der Waals surface area contributed by atoms with E-state index >= 15 is 0 Å². The van der Waals surface area contributed by atoms with Crippen molar-refractivity contribution in [3.8, 4) is 0 Å². The van der Waals surface area contributed by atoms with E-state index in [9.17, 15) is 27.6 Å². The third-order valence-electron chi connectivity index (χ3n) is 7.63. The molecule has 5 heterocycles. The van der Waals surface area contributed by atoms with Gasteiger partial charge in [-0.05, 0) is 26.0 Å². The zero-order chi connectivity index (χ0) is 30.9. The highest BCUT2D eigenvalue weighted by Crippen LogP contribution is 2.54. The third kappa shape index (κ3) is 6.41. The first-order valence-corrected chi connectivity index (χ1v) is 15.1. The highest BCUT2D eigenvalue weighted by molar-refractivity contribution is 8.31. The van der Waals surface area contributed by atoms with Gasteiger partial charge in [-0.1, -0.05) is 0 Å². The molecule has 3 aliphatic heterocycles. The number of carbonyl (C=O) groups is 3. The monoisotopic (exact) mass is 625 g/mol. The molecule has 0 saturated carbocycles. The lowest BCUT2D eigenvalue weighted by atomic mass is 10.2. The van der Waals surface area contributed by atoms with Crippen molar-refractivity contribution < 1.29 is 32.3 Å². The van der Waals surface area contributed by atoms with Crippen LogP contribution in [0, 0.1) is 0 Å². The molecule has 17 heteroatoms. The predicted octanol–water partition coefficient (Wildman–Crippen LogP) is 1.08. The SMILES string of the molecule is COC(=O)C1=C(N2CCN(C(=O)Cn3cccn3)[C@H](C)C2)[SH](N2CCN(C(=O)Cn3cccn3)[C@H](C)C2)C(C(F)(F)F)=N1. The van der Waals surface area contributed by atoms with Gasteiger partial charge in [0.05, 0.1) is 7.11 Å². The van der Waals surface area contributed by atoms with Gasteiger partial charge >= 0.3 is 12.1 Å². The summed E-state index contributed by atoms with van der Waals surface area (Å²) in [5, 5.41) is 7.27. The largest absolute Gasteiger partial charge is 0.464 e. The molecule has 5 rings (SSSR count). The number of ether oxygens (including phenoxy) is 1. The summed E-state index contributed by atoms with van der Waals surface area (Å²) in [6.45, 7) is 4.87. The second kappa shape index (κ2) is 12.4. The summed E-state index contributed by atoms with van der Waals surface area (Å²) in [5.74, 6) is -1.30. The number of aromatic nitrogens is 4. The van der Waals surface area contributed by atoms with Crippen LogP contribution >= 0.6 is 11.1 Å². The van der Waals surface area contributed by atoms with E-state index in [0.717, 1.165) is 7.11 Å². The summed E-state index contributed by atoms with van der Waals surface area (Å²) < 4.78 is 53.1. The number of carbonyl (C=O) groups excluding carboxylic acids is 3. The average Bonchev–Trinajstić information content (AvgIpc) is 3.73. The molecule has 234 valence electrons. The molecule has 0 bridgehead atoms. The molecular weight excluding hydrogens is 591 g/mol. The molecule has 0 radical (unpaired) electrons. The molecule has 0 spiro atoms. The second-order valence-corrected chi connectivity index (χ2v) is 12.6. The number of halogens is 3. The van der Waals surface area contributed by atoms with Crippen LogP contribution in [0.1, 0.15) is 13.8 Å². The average molecular weight is 626 g/mol. The van der Waals surface area contributed by atoms with E-state index < -0.39 is 34.3 Å². The van der Waals surface area contributed by atoms with Crippen LogP contribution in [0.5, 0.6) is 0 Å². The number of thiol groups is 1. The highest BCUT2D eigenvalue weighted by atomic mass is 32.2. The van der Waals surface area contributed by atoms with Gasteiger partial charge in [-0.3, -0.25) is 23.3 Å². The Labute approximate surface area is 249 Å². The van der Waals surface area contributed by atoms with Gasteiger partial charge in [-0.25, -0.2) is 9.79 Å². The second-order valence-electron chi connectivity index (χ2n) is 10.5. The molecule has 3 aliphatic rings. The number of amides is 2.